The van der Waals surface area contributed by atoms with Gasteiger partial charge in [0.15, 0.2) is 5.82 Å². The van der Waals surface area contributed by atoms with Crippen molar-refractivity contribution in [3.63, 3.8) is 0 Å². The zero-order valence-electron chi connectivity index (χ0n) is 34.1. The summed E-state index contributed by atoms with van der Waals surface area (Å²) in [5.41, 5.74) is 9.64. The van der Waals surface area contributed by atoms with E-state index in [2.05, 4.69) is 27.0 Å². The molecule has 7 aliphatic heterocycles. The molecule has 8 heterocycles. The number of nitrogens with one attached hydrogen (secondary N) is 1. The van der Waals surface area contributed by atoms with E-state index in [9.17, 15) is 33.6 Å². The second-order valence-electron chi connectivity index (χ2n) is 17.4. The van der Waals surface area contributed by atoms with Crippen molar-refractivity contribution in [3.8, 4) is 0 Å². The van der Waals surface area contributed by atoms with Crippen LogP contribution in [0.4, 0.5) is 11.5 Å². The number of benzene rings is 2. The molecule has 3 aromatic rings. The molecule has 60 heavy (non-hydrogen) atoms. The molecule has 0 spiro atoms. The molecule has 0 aliphatic carbocycles. The molecule has 1 unspecified atom stereocenters. The fourth-order valence-electron chi connectivity index (χ4n) is 10.7. The van der Waals surface area contributed by atoms with Gasteiger partial charge in [0, 0.05) is 96.0 Å². The largest absolute Gasteiger partial charge is 0.341 e. The number of hydrogen-bond donors (Lipinski definition) is 1. The Hall–Kier alpha value is -5.90. The Labute approximate surface area is 347 Å². The van der Waals surface area contributed by atoms with Crippen molar-refractivity contribution in [1.82, 2.24) is 39.6 Å². The number of amides is 7. The highest BCUT2D eigenvalue weighted by Gasteiger charge is 2.46. The number of likely N-dealkylation sites (tertiary alicyclic amines) is 1. The topological polar surface area (TPSA) is 169 Å². The number of carbonyl (C=O) groups excluding carboxylic acids is 7. The van der Waals surface area contributed by atoms with Gasteiger partial charge < -0.3 is 19.6 Å². The van der Waals surface area contributed by atoms with E-state index in [-0.39, 0.29) is 54.3 Å². The van der Waals surface area contributed by atoms with Gasteiger partial charge in [0.1, 0.15) is 6.04 Å². The van der Waals surface area contributed by atoms with Crippen LogP contribution < -0.4 is 10.2 Å². The molecule has 7 amide bonds. The number of anilines is 2. The van der Waals surface area contributed by atoms with E-state index < -0.39 is 29.7 Å². The maximum atomic E-state index is 13.8. The quantitative estimate of drug-likeness (QED) is 0.378. The number of aromatic nitrogens is 2. The average molecular weight is 816 g/mol. The van der Waals surface area contributed by atoms with Gasteiger partial charge in [-0.25, -0.2) is 0 Å². The Kier molecular flexibility index (Phi) is 9.37. The molecule has 2 saturated heterocycles. The normalized spacial score (nSPS) is 21.8. The number of fused-ring (bicyclic) bond motifs is 6. The maximum Gasteiger partial charge on any atom is 0.262 e. The van der Waals surface area contributed by atoms with Crippen LogP contribution >= 0.6 is 0 Å². The van der Waals surface area contributed by atoms with Crippen molar-refractivity contribution >= 4 is 52.9 Å². The lowest BCUT2D eigenvalue weighted by atomic mass is 9.88. The van der Waals surface area contributed by atoms with Crippen LogP contribution in [0.3, 0.4) is 0 Å². The summed E-state index contributed by atoms with van der Waals surface area (Å²) >= 11 is 0. The first kappa shape index (κ1) is 38.3. The Bertz CT molecular complexity index is 2370. The van der Waals surface area contributed by atoms with E-state index in [4.69, 9.17) is 5.10 Å². The van der Waals surface area contributed by atoms with E-state index in [1.165, 1.54) is 28.1 Å². The number of carbonyl (C=O) groups is 7. The molecule has 0 radical (unpaired) electrons. The molecule has 7 aliphatic rings. The van der Waals surface area contributed by atoms with Crippen LogP contribution in [0.1, 0.15) is 112 Å². The molecule has 16 heteroatoms. The zero-order valence-corrected chi connectivity index (χ0v) is 34.1. The van der Waals surface area contributed by atoms with Crippen molar-refractivity contribution in [2.45, 2.75) is 103 Å². The van der Waals surface area contributed by atoms with Gasteiger partial charge in [0.2, 0.25) is 29.5 Å². The molecule has 10 rings (SSSR count). The standard InChI is InChI=1S/C44H49N9O7/c1-25(54)49-16-11-31-27(22-49)5-6-36-32(31)4-3-13-51(36)41-35-23-50(26(2)55)17-12-37(35)53(46-41)30-9-14-48(15-10-30)40(57)24-47-20-28-18-33-34(19-29(28)21-47)44(60)52(43(33)59)38-7-8-39(56)45-42(38)58/h5-6,18-19,30,38H,3-4,7-17,20-24H2,1-2H3,(H,45,56,58). The van der Waals surface area contributed by atoms with E-state index in [0.29, 0.717) is 45.8 Å². The Morgan fingerprint density at radius 1 is 0.700 bits per heavy atom. The van der Waals surface area contributed by atoms with Crippen LogP contribution in [-0.2, 0) is 69.4 Å². The minimum absolute atomic E-state index is 0.0324. The fourth-order valence-corrected chi connectivity index (χ4v) is 10.7. The number of hydrogen-bond acceptors (Lipinski definition) is 10. The highest BCUT2D eigenvalue weighted by atomic mass is 16.2. The second kappa shape index (κ2) is 14.7. The molecule has 2 aromatic carbocycles. The van der Waals surface area contributed by atoms with Crippen molar-refractivity contribution in [2.24, 2.45) is 0 Å². The number of rotatable bonds is 5. The van der Waals surface area contributed by atoms with Crippen LogP contribution in [0.5, 0.6) is 0 Å². The molecule has 2 fully saturated rings. The zero-order chi connectivity index (χ0) is 41.6. The molecular formula is C44H49N9O7. The van der Waals surface area contributed by atoms with Crippen LogP contribution in [0.15, 0.2) is 24.3 Å². The Balaban J connectivity index is 0.820. The SMILES string of the molecule is CC(=O)N1CCc2c(ccc3c2CCCN3c2nn(C3CCN(C(=O)CN4Cc5cc6c(cc5C4)C(=O)N(C4CCC(=O)NC4=O)C6=O)CC3)c3c2CN(C(C)=O)CC3)C1. The highest BCUT2D eigenvalue weighted by molar-refractivity contribution is 6.23. The molecule has 312 valence electrons. The summed E-state index contributed by atoms with van der Waals surface area (Å²) in [6.07, 6.45) is 5.22. The van der Waals surface area contributed by atoms with Crippen LogP contribution in [0.25, 0.3) is 0 Å². The predicted octanol–water partition coefficient (Wildman–Crippen LogP) is 2.36. The summed E-state index contributed by atoms with van der Waals surface area (Å²) in [6, 6.07) is 6.91. The fraction of sp³-hybridized carbons (Fsp3) is 0.500. The maximum absolute atomic E-state index is 13.8. The Morgan fingerprint density at radius 2 is 1.38 bits per heavy atom. The van der Waals surface area contributed by atoms with Crippen molar-refractivity contribution in [2.75, 3.05) is 44.2 Å². The average Bonchev–Trinajstić information content (AvgIpc) is 3.90. The second-order valence-corrected chi connectivity index (χ2v) is 17.4. The summed E-state index contributed by atoms with van der Waals surface area (Å²) in [6.45, 7) is 8.94. The lowest BCUT2D eigenvalue weighted by Crippen LogP contribution is -2.54. The van der Waals surface area contributed by atoms with Gasteiger partial charge >= 0.3 is 0 Å². The minimum Gasteiger partial charge on any atom is -0.341 e. The number of nitrogens with zero attached hydrogens (tertiary/aromatic N) is 8. The summed E-state index contributed by atoms with van der Waals surface area (Å²) < 4.78 is 2.21. The Morgan fingerprint density at radius 3 is 2.07 bits per heavy atom. The molecule has 1 N–H and O–H groups in total. The van der Waals surface area contributed by atoms with Crippen LogP contribution in [-0.4, -0.2) is 121 Å². The lowest BCUT2D eigenvalue weighted by Gasteiger charge is -2.36. The number of piperidine rings is 2. The smallest absolute Gasteiger partial charge is 0.262 e. The van der Waals surface area contributed by atoms with Crippen molar-refractivity contribution < 1.29 is 33.6 Å². The predicted molar refractivity (Wildman–Crippen MR) is 216 cm³/mol. The summed E-state index contributed by atoms with van der Waals surface area (Å²) in [5.74, 6) is -1.01. The van der Waals surface area contributed by atoms with Gasteiger partial charge in [-0.3, -0.25) is 53.4 Å². The molecule has 1 atom stereocenters. The third kappa shape index (κ3) is 6.37. The van der Waals surface area contributed by atoms with E-state index in [0.717, 1.165) is 79.0 Å². The van der Waals surface area contributed by atoms with E-state index in [1.807, 2.05) is 19.6 Å². The first-order chi connectivity index (χ1) is 28.9. The van der Waals surface area contributed by atoms with Gasteiger partial charge in [-0.15, -0.1) is 0 Å². The summed E-state index contributed by atoms with van der Waals surface area (Å²) in [4.78, 5) is 101. The third-order valence-electron chi connectivity index (χ3n) is 13.9. The summed E-state index contributed by atoms with van der Waals surface area (Å²) in [7, 11) is 0. The van der Waals surface area contributed by atoms with Gasteiger partial charge in [-0.2, -0.15) is 5.10 Å². The molecule has 0 saturated carbocycles. The lowest BCUT2D eigenvalue weighted by molar-refractivity contribution is -0.136. The molecule has 1 aromatic heterocycles. The van der Waals surface area contributed by atoms with Gasteiger partial charge in [-0.1, -0.05) is 6.07 Å². The van der Waals surface area contributed by atoms with E-state index >= 15 is 0 Å². The molecule has 16 nitrogen and oxygen atoms in total. The van der Waals surface area contributed by atoms with Gasteiger partial charge in [-0.05, 0) is 84.5 Å². The van der Waals surface area contributed by atoms with Gasteiger partial charge in [0.25, 0.3) is 11.8 Å². The minimum atomic E-state index is -1.01. The monoisotopic (exact) mass is 815 g/mol. The number of imide groups is 2. The van der Waals surface area contributed by atoms with Crippen LogP contribution in [0, 0.1) is 0 Å². The third-order valence-corrected chi connectivity index (χ3v) is 13.9. The van der Waals surface area contributed by atoms with Crippen LogP contribution in [0.2, 0.25) is 0 Å². The van der Waals surface area contributed by atoms with E-state index in [1.54, 1.807) is 26.0 Å². The van der Waals surface area contributed by atoms with Gasteiger partial charge in [0.05, 0.1) is 30.3 Å². The van der Waals surface area contributed by atoms with Crippen molar-refractivity contribution in [1.29, 1.82) is 0 Å². The molecular weight excluding hydrogens is 767 g/mol. The highest BCUT2D eigenvalue weighted by Crippen LogP contribution is 2.42. The molecule has 0 bridgehead atoms. The first-order valence-corrected chi connectivity index (χ1v) is 21.3. The summed E-state index contributed by atoms with van der Waals surface area (Å²) in [5, 5.41) is 7.62. The van der Waals surface area contributed by atoms with Crippen molar-refractivity contribution in [3.05, 3.63) is 74.5 Å². The first-order valence-electron chi connectivity index (χ1n) is 21.3.